The molecule has 0 bridgehead atoms. The number of carboxylic acids is 1. The molecule has 0 atom stereocenters. The van der Waals surface area contributed by atoms with Crippen LogP contribution in [0.3, 0.4) is 0 Å². The molecule has 1 amide bonds. The van der Waals surface area contributed by atoms with Crippen LogP contribution < -0.4 is 4.90 Å². The number of aromatic nitrogens is 2. The van der Waals surface area contributed by atoms with Gasteiger partial charge in [0.05, 0.1) is 0 Å². The summed E-state index contributed by atoms with van der Waals surface area (Å²) in [4.78, 5) is 26.6. The van der Waals surface area contributed by atoms with Crippen molar-refractivity contribution in [2.24, 2.45) is 17.8 Å². The van der Waals surface area contributed by atoms with Gasteiger partial charge in [0.1, 0.15) is 5.56 Å². The summed E-state index contributed by atoms with van der Waals surface area (Å²) >= 11 is 0. The third-order valence-corrected chi connectivity index (χ3v) is 5.16. The molecule has 1 aliphatic carbocycles. The first-order valence-corrected chi connectivity index (χ1v) is 10.0. The zero-order valence-corrected chi connectivity index (χ0v) is 17.2. The van der Waals surface area contributed by atoms with Crippen molar-refractivity contribution < 1.29 is 14.7 Å². The second kappa shape index (κ2) is 9.20. The van der Waals surface area contributed by atoms with Crippen LogP contribution in [0.25, 0.3) is 6.20 Å². The first-order chi connectivity index (χ1) is 12.7. The number of carbonyl (C=O) groups excluding carboxylic acids is 1. The van der Waals surface area contributed by atoms with E-state index in [4.69, 9.17) is 0 Å². The quantitative estimate of drug-likeness (QED) is 0.752. The molecular weight excluding hydrogens is 342 g/mol. The molecule has 1 aliphatic rings. The van der Waals surface area contributed by atoms with Crippen LogP contribution in [0.2, 0.25) is 0 Å². The smallest absolute Gasteiger partial charge is 0.341 e. The Bertz CT molecular complexity index is 683. The monoisotopic (exact) mass is 375 g/mol. The minimum absolute atomic E-state index is 0.00388. The van der Waals surface area contributed by atoms with Crippen molar-refractivity contribution in [2.45, 2.75) is 72.8 Å². The molecule has 1 fully saturated rings. The summed E-state index contributed by atoms with van der Waals surface area (Å²) in [5.74, 6) is 0.293. The Morgan fingerprint density at radius 3 is 2.41 bits per heavy atom. The Balaban J connectivity index is 2.32. The molecule has 0 saturated heterocycles. The zero-order valence-electron chi connectivity index (χ0n) is 17.2. The fourth-order valence-electron chi connectivity index (χ4n) is 3.54. The van der Waals surface area contributed by atoms with Gasteiger partial charge in [0.25, 0.3) is 0 Å². The van der Waals surface area contributed by atoms with Gasteiger partial charge in [-0.15, -0.1) is 5.10 Å². The van der Waals surface area contributed by atoms with E-state index in [1.807, 2.05) is 19.9 Å². The Hall–Kier alpha value is -2.11. The van der Waals surface area contributed by atoms with E-state index in [-0.39, 0.29) is 29.2 Å². The van der Waals surface area contributed by atoms with Gasteiger partial charge in [0, 0.05) is 24.4 Å². The van der Waals surface area contributed by atoms with E-state index >= 15 is 0 Å². The molecule has 150 valence electrons. The van der Waals surface area contributed by atoms with Gasteiger partial charge in [0.15, 0.2) is 5.82 Å². The molecule has 1 N–H and O–H groups in total. The van der Waals surface area contributed by atoms with Gasteiger partial charge in [-0.2, -0.15) is 0 Å². The number of rotatable bonds is 7. The molecule has 1 saturated carbocycles. The van der Waals surface area contributed by atoms with Crippen LogP contribution in [-0.4, -0.2) is 32.8 Å². The largest absolute Gasteiger partial charge is 0.477 e. The van der Waals surface area contributed by atoms with Gasteiger partial charge < -0.3 is 5.11 Å². The van der Waals surface area contributed by atoms with Crippen LogP contribution in [-0.2, 0) is 4.79 Å². The Morgan fingerprint density at radius 2 is 1.89 bits per heavy atom. The molecule has 0 aromatic carbocycles. The summed E-state index contributed by atoms with van der Waals surface area (Å²) in [6, 6.07) is -0.155. The maximum Gasteiger partial charge on any atom is 0.341 e. The highest BCUT2D eigenvalue weighted by Gasteiger charge is 2.33. The van der Waals surface area contributed by atoms with Crippen molar-refractivity contribution in [2.75, 3.05) is 4.90 Å². The van der Waals surface area contributed by atoms with Crippen molar-refractivity contribution >= 4 is 23.9 Å². The van der Waals surface area contributed by atoms with E-state index in [2.05, 4.69) is 25.9 Å². The van der Waals surface area contributed by atoms with Gasteiger partial charge in [-0.05, 0) is 57.8 Å². The summed E-state index contributed by atoms with van der Waals surface area (Å²) in [6.45, 7) is 10.3. The lowest BCUT2D eigenvalue weighted by Crippen LogP contribution is -2.43. The Morgan fingerprint density at radius 1 is 1.26 bits per heavy atom. The Kier molecular flexibility index (Phi) is 7.22. The number of aromatic carboxylic acids is 1. The highest BCUT2D eigenvalue weighted by Crippen LogP contribution is 2.32. The average molecular weight is 376 g/mol. The molecule has 6 heteroatoms. The molecule has 0 aliphatic heterocycles. The molecule has 1 aromatic heterocycles. The second-order valence-electron chi connectivity index (χ2n) is 8.42. The van der Waals surface area contributed by atoms with E-state index in [9.17, 15) is 14.7 Å². The summed E-state index contributed by atoms with van der Waals surface area (Å²) in [5, 5.41) is 14.1. The van der Waals surface area contributed by atoms with Crippen molar-refractivity contribution in [3.8, 4) is 0 Å². The van der Waals surface area contributed by atoms with E-state index in [0.29, 0.717) is 11.8 Å². The van der Waals surface area contributed by atoms with E-state index in [1.165, 1.54) is 10.9 Å². The third kappa shape index (κ3) is 5.44. The van der Waals surface area contributed by atoms with Crippen LogP contribution in [0.15, 0.2) is 12.3 Å². The SMILES string of the molecule is CC(C)CC=Cn1cc(C(=O)O)c(N(C(=O)[C@H]2CC[C@H](C)CC2)C(C)C)n1. The molecule has 6 nitrogen and oxygen atoms in total. The molecule has 27 heavy (non-hydrogen) atoms. The van der Waals surface area contributed by atoms with Crippen LogP contribution in [0, 0.1) is 17.8 Å². The van der Waals surface area contributed by atoms with Crippen molar-refractivity contribution in [1.29, 1.82) is 0 Å². The number of nitrogens with zero attached hydrogens (tertiary/aromatic N) is 3. The summed E-state index contributed by atoms with van der Waals surface area (Å²) in [7, 11) is 0. The zero-order chi connectivity index (χ0) is 20.1. The fraction of sp³-hybridized carbons (Fsp3) is 0.667. The van der Waals surface area contributed by atoms with E-state index < -0.39 is 5.97 Å². The minimum Gasteiger partial charge on any atom is -0.477 e. The number of carboxylic acid groups (broad SMARTS) is 1. The van der Waals surface area contributed by atoms with Crippen LogP contribution in [0.4, 0.5) is 5.82 Å². The van der Waals surface area contributed by atoms with Crippen LogP contribution >= 0.6 is 0 Å². The van der Waals surface area contributed by atoms with Gasteiger partial charge >= 0.3 is 5.97 Å². The second-order valence-corrected chi connectivity index (χ2v) is 8.42. The minimum atomic E-state index is -1.07. The predicted octanol–water partition coefficient (Wildman–Crippen LogP) is 4.67. The number of allylic oxidation sites excluding steroid dienone is 1. The maximum atomic E-state index is 13.2. The van der Waals surface area contributed by atoms with E-state index in [0.717, 1.165) is 32.1 Å². The maximum absolute atomic E-state index is 13.2. The fourth-order valence-corrected chi connectivity index (χ4v) is 3.54. The van der Waals surface area contributed by atoms with E-state index in [1.54, 1.807) is 11.1 Å². The summed E-state index contributed by atoms with van der Waals surface area (Å²) in [5.41, 5.74) is 0.0652. The topological polar surface area (TPSA) is 75.4 Å². The number of hydrogen-bond donors (Lipinski definition) is 1. The van der Waals surface area contributed by atoms with Crippen LogP contribution in [0.1, 0.15) is 77.1 Å². The Labute approximate surface area is 162 Å². The van der Waals surface area contributed by atoms with Crippen molar-refractivity contribution in [3.63, 3.8) is 0 Å². The molecule has 1 heterocycles. The van der Waals surface area contributed by atoms with Gasteiger partial charge in [-0.25, -0.2) is 9.48 Å². The van der Waals surface area contributed by atoms with Crippen molar-refractivity contribution in [3.05, 3.63) is 17.8 Å². The molecule has 0 radical (unpaired) electrons. The lowest BCUT2D eigenvalue weighted by atomic mass is 9.82. The molecule has 0 unspecified atom stereocenters. The highest BCUT2D eigenvalue weighted by molar-refractivity contribution is 6.01. The van der Waals surface area contributed by atoms with Crippen molar-refractivity contribution in [1.82, 2.24) is 9.78 Å². The third-order valence-electron chi connectivity index (χ3n) is 5.16. The van der Waals surface area contributed by atoms with Gasteiger partial charge in [-0.1, -0.05) is 26.8 Å². The molecule has 2 rings (SSSR count). The lowest BCUT2D eigenvalue weighted by molar-refractivity contribution is -0.123. The highest BCUT2D eigenvalue weighted by atomic mass is 16.4. The van der Waals surface area contributed by atoms with Gasteiger partial charge in [-0.3, -0.25) is 9.69 Å². The first-order valence-electron chi connectivity index (χ1n) is 10.0. The average Bonchev–Trinajstić information content (AvgIpc) is 2.98. The lowest BCUT2D eigenvalue weighted by Gasteiger charge is -2.32. The summed E-state index contributed by atoms with van der Waals surface area (Å²) in [6.07, 6.45) is 9.91. The standard InChI is InChI=1S/C21H33N3O3/c1-14(2)7-6-12-23-13-18(21(26)27)19(22-23)24(15(3)4)20(25)17-10-8-16(5)9-11-17/h6,12-17H,7-11H2,1-5H3,(H,26,27)/t16-,17-. The summed E-state index contributed by atoms with van der Waals surface area (Å²) < 4.78 is 1.51. The normalized spacial score (nSPS) is 20.6. The number of hydrogen-bond acceptors (Lipinski definition) is 3. The molecule has 0 spiro atoms. The number of amides is 1. The first kappa shape index (κ1) is 21.2. The number of anilines is 1. The van der Waals surface area contributed by atoms with Gasteiger partial charge in [0.2, 0.25) is 5.91 Å². The molecule has 1 aromatic rings. The number of carbonyl (C=O) groups is 2. The predicted molar refractivity (Wildman–Crippen MR) is 108 cm³/mol. The van der Waals surface area contributed by atoms with Crippen LogP contribution in [0.5, 0.6) is 0 Å². The molecular formula is C21H33N3O3.